The summed E-state index contributed by atoms with van der Waals surface area (Å²) >= 11 is 3.45. The van der Waals surface area contributed by atoms with Crippen molar-refractivity contribution < 1.29 is 0 Å². The summed E-state index contributed by atoms with van der Waals surface area (Å²) < 4.78 is 0. The third-order valence-electron chi connectivity index (χ3n) is 3.95. The highest BCUT2D eigenvalue weighted by molar-refractivity contribution is 7.99. The van der Waals surface area contributed by atoms with Gasteiger partial charge in [-0.25, -0.2) is 0 Å². The van der Waals surface area contributed by atoms with Gasteiger partial charge in [0.2, 0.25) is 5.13 Å². The maximum Gasteiger partial charge on any atom is 0.205 e. The molecule has 1 aliphatic rings. The van der Waals surface area contributed by atoms with Gasteiger partial charge in [0.15, 0.2) is 0 Å². The molecule has 1 aromatic heterocycles. The van der Waals surface area contributed by atoms with Crippen LogP contribution in [0.2, 0.25) is 0 Å². The fourth-order valence-electron chi connectivity index (χ4n) is 2.82. The minimum Gasteiger partial charge on any atom is -0.357 e. The van der Waals surface area contributed by atoms with Crippen molar-refractivity contribution in [2.75, 3.05) is 23.3 Å². The van der Waals surface area contributed by atoms with E-state index in [1.54, 1.807) is 11.3 Å². The van der Waals surface area contributed by atoms with Crippen LogP contribution in [0.15, 0.2) is 71.0 Å². The van der Waals surface area contributed by atoms with Gasteiger partial charge in [-0.05, 0) is 24.3 Å². The Balaban J connectivity index is 1.56. The molecule has 0 unspecified atom stereocenters. The summed E-state index contributed by atoms with van der Waals surface area (Å²) in [7, 11) is 0. The van der Waals surface area contributed by atoms with Gasteiger partial charge in [0.25, 0.3) is 0 Å². The monoisotopic (exact) mass is 366 g/mol. The van der Waals surface area contributed by atoms with E-state index >= 15 is 0 Å². The Morgan fingerprint density at radius 2 is 1.68 bits per heavy atom. The molecule has 126 valence electrons. The maximum absolute atomic E-state index is 4.31. The molecule has 3 aromatic rings. The lowest BCUT2D eigenvalue weighted by molar-refractivity contribution is 0.864. The van der Waals surface area contributed by atoms with Gasteiger partial charge in [-0.3, -0.25) is 0 Å². The molecule has 0 radical (unpaired) electrons. The van der Waals surface area contributed by atoms with Gasteiger partial charge < -0.3 is 10.2 Å². The second-order valence-corrected chi connectivity index (χ2v) is 7.76. The third kappa shape index (κ3) is 3.41. The number of rotatable bonds is 6. The SMILES string of the molecule is C=CCNc1nnc(CCN2c3ccccc3Sc3ccccc32)s1. The smallest absolute Gasteiger partial charge is 0.205 e. The first kappa shape index (κ1) is 16.2. The Bertz CT molecular complexity index is 845. The Morgan fingerprint density at radius 1 is 1.00 bits per heavy atom. The van der Waals surface area contributed by atoms with Crippen molar-refractivity contribution in [3.05, 3.63) is 66.2 Å². The van der Waals surface area contributed by atoms with Crippen molar-refractivity contribution in [2.24, 2.45) is 0 Å². The number of anilines is 3. The van der Waals surface area contributed by atoms with Crippen molar-refractivity contribution in [3.8, 4) is 0 Å². The number of aromatic nitrogens is 2. The zero-order valence-electron chi connectivity index (χ0n) is 13.7. The Kier molecular flexibility index (Phi) is 4.72. The summed E-state index contributed by atoms with van der Waals surface area (Å²) in [5.41, 5.74) is 2.53. The fraction of sp³-hybridized carbons (Fsp3) is 0.158. The molecule has 1 aliphatic heterocycles. The third-order valence-corrected chi connectivity index (χ3v) is 6.02. The van der Waals surface area contributed by atoms with E-state index in [2.05, 4.69) is 75.5 Å². The van der Waals surface area contributed by atoms with Gasteiger partial charge in [-0.1, -0.05) is 53.4 Å². The number of hydrogen-bond acceptors (Lipinski definition) is 6. The lowest BCUT2D eigenvalue weighted by Crippen LogP contribution is -2.23. The summed E-state index contributed by atoms with van der Waals surface area (Å²) in [6.07, 6.45) is 2.68. The van der Waals surface area contributed by atoms with Crippen molar-refractivity contribution >= 4 is 39.6 Å². The molecular formula is C19H18N4S2. The number of fused-ring (bicyclic) bond motifs is 2. The highest BCUT2D eigenvalue weighted by Gasteiger charge is 2.22. The highest BCUT2D eigenvalue weighted by Crippen LogP contribution is 2.47. The highest BCUT2D eigenvalue weighted by atomic mass is 32.2. The van der Waals surface area contributed by atoms with E-state index in [1.165, 1.54) is 21.2 Å². The Morgan fingerprint density at radius 3 is 2.36 bits per heavy atom. The second kappa shape index (κ2) is 7.29. The number of nitrogens with one attached hydrogen (secondary N) is 1. The predicted molar refractivity (Wildman–Crippen MR) is 106 cm³/mol. The molecule has 2 aromatic carbocycles. The van der Waals surface area contributed by atoms with Crippen LogP contribution in [-0.4, -0.2) is 23.3 Å². The molecule has 0 spiro atoms. The first-order valence-electron chi connectivity index (χ1n) is 8.16. The molecule has 0 fully saturated rings. The van der Waals surface area contributed by atoms with E-state index in [4.69, 9.17) is 0 Å². The number of hydrogen-bond donors (Lipinski definition) is 1. The average molecular weight is 367 g/mol. The molecule has 25 heavy (non-hydrogen) atoms. The number of benzene rings is 2. The molecule has 1 N–H and O–H groups in total. The van der Waals surface area contributed by atoms with Gasteiger partial charge in [-0.2, -0.15) is 0 Å². The molecule has 0 atom stereocenters. The maximum atomic E-state index is 4.31. The van der Waals surface area contributed by atoms with Crippen LogP contribution in [0.4, 0.5) is 16.5 Å². The summed E-state index contributed by atoms with van der Waals surface area (Å²) in [4.78, 5) is 4.98. The molecule has 4 rings (SSSR count). The fourth-order valence-corrected chi connectivity index (χ4v) is 4.65. The van der Waals surface area contributed by atoms with Gasteiger partial charge in [0, 0.05) is 29.3 Å². The molecule has 4 nitrogen and oxygen atoms in total. The van der Waals surface area contributed by atoms with Crippen LogP contribution in [0, 0.1) is 0 Å². The van der Waals surface area contributed by atoms with E-state index in [0.29, 0.717) is 6.54 Å². The zero-order valence-corrected chi connectivity index (χ0v) is 15.3. The van der Waals surface area contributed by atoms with Crippen LogP contribution < -0.4 is 10.2 Å². The minimum absolute atomic E-state index is 0.707. The van der Waals surface area contributed by atoms with E-state index in [9.17, 15) is 0 Å². The topological polar surface area (TPSA) is 41.1 Å². The van der Waals surface area contributed by atoms with Crippen molar-refractivity contribution in [1.29, 1.82) is 0 Å². The van der Waals surface area contributed by atoms with Gasteiger partial charge in [0.1, 0.15) is 5.01 Å². The Labute approximate surface area is 155 Å². The summed E-state index contributed by atoms with van der Waals surface area (Å²) in [6.45, 7) is 5.29. The predicted octanol–water partition coefficient (Wildman–Crippen LogP) is 4.98. The molecule has 2 heterocycles. The number of para-hydroxylation sites is 2. The van der Waals surface area contributed by atoms with Crippen molar-refractivity contribution in [3.63, 3.8) is 0 Å². The van der Waals surface area contributed by atoms with Crippen LogP contribution in [-0.2, 0) is 6.42 Å². The molecule has 0 amide bonds. The molecule has 6 heteroatoms. The van der Waals surface area contributed by atoms with Gasteiger partial charge in [0.05, 0.1) is 11.4 Å². The van der Waals surface area contributed by atoms with E-state index < -0.39 is 0 Å². The first-order valence-corrected chi connectivity index (χ1v) is 9.79. The van der Waals surface area contributed by atoms with Gasteiger partial charge >= 0.3 is 0 Å². The van der Waals surface area contributed by atoms with Crippen molar-refractivity contribution in [2.45, 2.75) is 16.2 Å². The summed E-state index contributed by atoms with van der Waals surface area (Å²) in [5.74, 6) is 0. The zero-order chi connectivity index (χ0) is 17.1. The number of nitrogens with zero attached hydrogens (tertiary/aromatic N) is 3. The lowest BCUT2D eigenvalue weighted by Gasteiger charge is -2.32. The first-order chi connectivity index (χ1) is 12.3. The molecule has 0 bridgehead atoms. The molecule has 0 saturated heterocycles. The Hall–Kier alpha value is -2.31. The minimum atomic E-state index is 0.707. The molecule has 0 aliphatic carbocycles. The quantitative estimate of drug-likeness (QED) is 0.623. The lowest BCUT2D eigenvalue weighted by atomic mass is 10.2. The van der Waals surface area contributed by atoms with Gasteiger partial charge in [-0.15, -0.1) is 16.8 Å². The average Bonchev–Trinajstić information content (AvgIpc) is 3.11. The van der Waals surface area contributed by atoms with Crippen LogP contribution in [0.1, 0.15) is 5.01 Å². The molecule has 0 saturated carbocycles. The van der Waals surface area contributed by atoms with Crippen LogP contribution in [0.3, 0.4) is 0 Å². The van der Waals surface area contributed by atoms with E-state index in [0.717, 1.165) is 23.1 Å². The largest absolute Gasteiger partial charge is 0.357 e. The molecular weight excluding hydrogens is 348 g/mol. The van der Waals surface area contributed by atoms with E-state index in [1.807, 2.05) is 17.8 Å². The van der Waals surface area contributed by atoms with Crippen molar-refractivity contribution in [1.82, 2.24) is 10.2 Å². The summed E-state index contributed by atoms with van der Waals surface area (Å²) in [6, 6.07) is 17.1. The van der Waals surface area contributed by atoms with E-state index in [-0.39, 0.29) is 0 Å². The van der Waals surface area contributed by atoms with Crippen LogP contribution in [0.25, 0.3) is 0 Å². The van der Waals surface area contributed by atoms with Crippen LogP contribution >= 0.6 is 23.1 Å². The summed E-state index contributed by atoms with van der Waals surface area (Å²) in [5, 5.41) is 13.6. The normalized spacial score (nSPS) is 12.4. The van der Waals surface area contributed by atoms with Crippen LogP contribution in [0.5, 0.6) is 0 Å². The second-order valence-electron chi connectivity index (χ2n) is 5.61. The standard InChI is InChI=1S/C19H18N4S2/c1-2-12-20-19-22-21-18(25-19)11-13-23-14-7-3-5-9-16(14)24-17-10-6-4-8-15(17)23/h2-10H,1,11-13H2,(H,20,22).